The number of aromatic nitrogens is 1. The van der Waals surface area contributed by atoms with Crippen LogP contribution in [-0.2, 0) is 6.54 Å². The molecule has 2 aromatic carbocycles. The lowest BCUT2D eigenvalue weighted by Gasteiger charge is -2.35. The van der Waals surface area contributed by atoms with Gasteiger partial charge < -0.3 is 15.0 Å². The summed E-state index contributed by atoms with van der Waals surface area (Å²) < 4.78 is 5.34. The van der Waals surface area contributed by atoms with Gasteiger partial charge in [0, 0.05) is 43.3 Å². The maximum absolute atomic E-state index is 12.6. The molecule has 3 aromatic rings. The molecule has 31 heavy (non-hydrogen) atoms. The number of carbonyl (C=O) groups is 1. The third-order valence-corrected chi connectivity index (χ3v) is 6.41. The number of nitrogens with zero attached hydrogens (tertiary/aromatic N) is 3. The van der Waals surface area contributed by atoms with Gasteiger partial charge in [0.2, 0.25) is 0 Å². The van der Waals surface area contributed by atoms with Gasteiger partial charge in [-0.25, -0.2) is 4.98 Å². The second kappa shape index (κ2) is 9.94. The molecular weight excluding hydrogens is 408 g/mol. The molecule has 0 saturated carbocycles. The monoisotopic (exact) mass is 436 g/mol. The summed E-state index contributed by atoms with van der Waals surface area (Å²) >= 11 is 1.55. The number of hydrogen-bond donors (Lipinski definition) is 1. The van der Waals surface area contributed by atoms with Gasteiger partial charge in [0.1, 0.15) is 16.5 Å². The lowest BCUT2D eigenvalue weighted by molar-refractivity contribution is 0.0935. The fourth-order valence-electron chi connectivity index (χ4n) is 3.75. The molecule has 1 aliphatic heterocycles. The van der Waals surface area contributed by atoms with Crippen LogP contribution in [0.4, 0.5) is 5.69 Å². The first-order chi connectivity index (χ1) is 15.1. The summed E-state index contributed by atoms with van der Waals surface area (Å²) in [5, 5.41) is 5.87. The first-order valence-corrected chi connectivity index (χ1v) is 11.4. The van der Waals surface area contributed by atoms with Crippen molar-refractivity contribution in [3.63, 3.8) is 0 Å². The minimum absolute atomic E-state index is 0.0523. The van der Waals surface area contributed by atoms with Crippen LogP contribution < -0.4 is 15.0 Å². The number of thiazole rings is 1. The van der Waals surface area contributed by atoms with Crippen molar-refractivity contribution in [1.29, 1.82) is 0 Å². The van der Waals surface area contributed by atoms with Crippen LogP contribution in [0.25, 0.3) is 0 Å². The summed E-state index contributed by atoms with van der Waals surface area (Å²) in [6.07, 6.45) is 0. The molecule has 1 aromatic heterocycles. The topological polar surface area (TPSA) is 57.7 Å². The van der Waals surface area contributed by atoms with Crippen molar-refractivity contribution in [3.05, 3.63) is 76.2 Å². The van der Waals surface area contributed by atoms with E-state index in [-0.39, 0.29) is 11.9 Å². The van der Waals surface area contributed by atoms with Crippen LogP contribution in [0.3, 0.4) is 0 Å². The second-order valence-corrected chi connectivity index (χ2v) is 8.64. The number of rotatable bonds is 7. The highest BCUT2D eigenvalue weighted by Crippen LogP contribution is 2.23. The lowest BCUT2D eigenvalue weighted by Crippen LogP contribution is -2.45. The number of piperazine rings is 1. The van der Waals surface area contributed by atoms with Gasteiger partial charge in [0.25, 0.3) is 5.91 Å². The smallest absolute Gasteiger partial charge is 0.271 e. The molecule has 1 atom stereocenters. The summed E-state index contributed by atoms with van der Waals surface area (Å²) in [7, 11) is 1.70. The van der Waals surface area contributed by atoms with Crippen molar-refractivity contribution in [2.45, 2.75) is 19.5 Å². The number of methoxy groups -OCH3 is 1. The Morgan fingerprint density at radius 2 is 1.90 bits per heavy atom. The van der Waals surface area contributed by atoms with Crippen molar-refractivity contribution >= 4 is 22.9 Å². The van der Waals surface area contributed by atoms with Gasteiger partial charge in [-0.1, -0.05) is 36.4 Å². The van der Waals surface area contributed by atoms with Gasteiger partial charge in [-0.15, -0.1) is 11.3 Å². The van der Waals surface area contributed by atoms with Gasteiger partial charge in [-0.2, -0.15) is 0 Å². The molecular formula is C24H28N4O2S. The van der Waals surface area contributed by atoms with Gasteiger partial charge >= 0.3 is 0 Å². The Morgan fingerprint density at radius 1 is 1.13 bits per heavy atom. The maximum Gasteiger partial charge on any atom is 0.271 e. The van der Waals surface area contributed by atoms with E-state index in [2.05, 4.69) is 32.2 Å². The first-order valence-electron chi connectivity index (χ1n) is 10.5. The minimum Gasteiger partial charge on any atom is -0.497 e. The van der Waals surface area contributed by atoms with E-state index in [1.807, 2.05) is 54.8 Å². The van der Waals surface area contributed by atoms with E-state index in [1.54, 1.807) is 18.4 Å². The molecule has 2 heterocycles. The van der Waals surface area contributed by atoms with Crippen molar-refractivity contribution in [1.82, 2.24) is 15.2 Å². The van der Waals surface area contributed by atoms with E-state index in [0.29, 0.717) is 5.69 Å². The third-order valence-electron chi connectivity index (χ3n) is 5.58. The molecule has 0 spiro atoms. The Morgan fingerprint density at radius 3 is 2.65 bits per heavy atom. The van der Waals surface area contributed by atoms with Crippen LogP contribution >= 0.6 is 11.3 Å². The molecule has 162 valence electrons. The van der Waals surface area contributed by atoms with E-state index in [4.69, 9.17) is 4.74 Å². The number of benzene rings is 2. The number of anilines is 1. The van der Waals surface area contributed by atoms with Gasteiger partial charge in [0.05, 0.1) is 19.7 Å². The zero-order valence-corrected chi connectivity index (χ0v) is 18.8. The summed E-state index contributed by atoms with van der Waals surface area (Å²) in [6.45, 7) is 6.61. The average molecular weight is 437 g/mol. The van der Waals surface area contributed by atoms with E-state index >= 15 is 0 Å². The molecule has 1 N–H and O–H groups in total. The summed E-state index contributed by atoms with van der Waals surface area (Å²) in [5.41, 5.74) is 2.78. The third kappa shape index (κ3) is 5.42. The Hall–Kier alpha value is -2.90. The van der Waals surface area contributed by atoms with E-state index in [0.717, 1.165) is 49.0 Å². The minimum atomic E-state index is -0.123. The molecule has 1 aliphatic rings. The molecule has 1 fully saturated rings. The first kappa shape index (κ1) is 21.3. The zero-order chi connectivity index (χ0) is 21.6. The predicted molar refractivity (Wildman–Crippen MR) is 125 cm³/mol. The molecule has 4 rings (SSSR count). The number of hydrogen-bond acceptors (Lipinski definition) is 6. The molecule has 0 radical (unpaired) electrons. The van der Waals surface area contributed by atoms with Gasteiger partial charge in [-0.3, -0.25) is 9.69 Å². The number of carbonyl (C=O) groups excluding carboxylic acids is 1. The molecule has 0 aliphatic carbocycles. The Labute approximate surface area is 187 Å². The van der Waals surface area contributed by atoms with Gasteiger partial charge in [0.15, 0.2) is 0 Å². The largest absolute Gasteiger partial charge is 0.497 e. The van der Waals surface area contributed by atoms with Crippen LogP contribution in [0.5, 0.6) is 5.75 Å². The lowest BCUT2D eigenvalue weighted by atomic mass is 10.1. The Kier molecular flexibility index (Phi) is 6.84. The predicted octanol–water partition coefficient (Wildman–Crippen LogP) is 3.96. The summed E-state index contributed by atoms with van der Waals surface area (Å²) in [4.78, 5) is 21.9. The number of nitrogens with one attached hydrogen (secondary N) is 1. The summed E-state index contributed by atoms with van der Waals surface area (Å²) in [6, 6.07) is 18.1. The van der Waals surface area contributed by atoms with E-state index in [1.165, 1.54) is 5.69 Å². The van der Waals surface area contributed by atoms with Crippen molar-refractivity contribution in [2.75, 3.05) is 38.2 Å². The van der Waals surface area contributed by atoms with Crippen molar-refractivity contribution in [3.8, 4) is 5.75 Å². The second-order valence-electron chi connectivity index (χ2n) is 7.70. The molecule has 1 saturated heterocycles. The standard InChI is InChI=1S/C24H28N4O2S/c1-18(19-7-4-3-5-8-19)25-24(29)22-17-31-23(26-22)16-27-11-13-28(14-12-27)20-9-6-10-21(15-20)30-2/h3-10,15,17-18H,11-14,16H2,1-2H3,(H,25,29). The summed E-state index contributed by atoms with van der Waals surface area (Å²) in [5.74, 6) is 0.761. The van der Waals surface area contributed by atoms with Crippen LogP contribution in [0, 0.1) is 0 Å². The molecule has 0 bridgehead atoms. The van der Waals surface area contributed by atoms with Crippen LogP contribution in [0.1, 0.15) is 34.0 Å². The fourth-order valence-corrected chi connectivity index (χ4v) is 4.56. The number of ether oxygens (including phenoxy) is 1. The average Bonchev–Trinajstić information content (AvgIpc) is 3.29. The number of amides is 1. The SMILES string of the molecule is COc1cccc(N2CCN(Cc3nc(C(=O)NC(C)c4ccccc4)cs3)CC2)c1. The fraction of sp³-hybridized carbons (Fsp3) is 0.333. The maximum atomic E-state index is 12.6. The van der Waals surface area contributed by atoms with Crippen molar-refractivity contribution < 1.29 is 9.53 Å². The van der Waals surface area contributed by atoms with Crippen molar-refractivity contribution in [2.24, 2.45) is 0 Å². The molecule has 1 amide bonds. The molecule has 6 nitrogen and oxygen atoms in total. The quantitative estimate of drug-likeness (QED) is 0.607. The van der Waals surface area contributed by atoms with Crippen LogP contribution in [0.15, 0.2) is 60.0 Å². The highest BCUT2D eigenvalue weighted by Gasteiger charge is 2.20. The Balaban J connectivity index is 1.29. The van der Waals surface area contributed by atoms with E-state index < -0.39 is 0 Å². The van der Waals surface area contributed by atoms with Crippen LogP contribution in [0.2, 0.25) is 0 Å². The molecule has 1 unspecified atom stereocenters. The van der Waals surface area contributed by atoms with E-state index in [9.17, 15) is 4.79 Å². The molecule has 7 heteroatoms. The van der Waals surface area contributed by atoms with Gasteiger partial charge in [-0.05, 0) is 24.6 Å². The highest BCUT2D eigenvalue weighted by molar-refractivity contribution is 7.09. The zero-order valence-electron chi connectivity index (χ0n) is 18.0. The highest BCUT2D eigenvalue weighted by atomic mass is 32.1. The van der Waals surface area contributed by atoms with Crippen LogP contribution in [-0.4, -0.2) is 49.1 Å². The Bertz CT molecular complexity index is 1000. The normalized spacial score (nSPS) is 15.5.